The minimum Gasteiger partial charge on any atom is -0.481 e. The summed E-state index contributed by atoms with van der Waals surface area (Å²) in [5.74, 6) is -1.06. The van der Waals surface area contributed by atoms with Crippen LogP contribution >= 0.6 is 0 Å². The average Bonchev–Trinajstić information content (AvgIpc) is 2.84. The molecule has 3 atom stereocenters. The van der Waals surface area contributed by atoms with Crippen LogP contribution in [0.4, 0.5) is 0 Å². The molecule has 2 aromatic rings. The van der Waals surface area contributed by atoms with Gasteiger partial charge in [0, 0.05) is 12.8 Å². The smallest absolute Gasteiger partial charge is 0.316 e. The van der Waals surface area contributed by atoms with E-state index in [4.69, 9.17) is 4.74 Å². The molecule has 5 nitrogen and oxygen atoms in total. The zero-order valence-electron chi connectivity index (χ0n) is 20.9. The van der Waals surface area contributed by atoms with Crippen LogP contribution in [0.3, 0.4) is 0 Å². The number of hydrogen-bond acceptors (Lipinski definition) is 4. The molecule has 0 heterocycles. The number of carbonyl (C=O) groups is 3. The Kier molecular flexibility index (Phi) is 10.0. The highest BCUT2D eigenvalue weighted by Gasteiger charge is 2.37. The van der Waals surface area contributed by atoms with E-state index in [2.05, 4.69) is 0 Å². The highest BCUT2D eigenvalue weighted by Crippen LogP contribution is 2.33. The van der Waals surface area contributed by atoms with Crippen LogP contribution in [0.15, 0.2) is 60.7 Å². The summed E-state index contributed by atoms with van der Waals surface area (Å²) in [7, 11) is 0. The summed E-state index contributed by atoms with van der Waals surface area (Å²) >= 11 is 0. The number of carboxylic acids is 1. The Bertz CT molecular complexity index is 940. The standard InChI is InChI=1S/C29H38O5/c1-5-22(2)34-27(33)29(4,24-16-10-7-11-17-24)21-13-19-25(30)18-12-20-28(3,26(31)32)23-14-8-6-9-15-23/h6-11,14-17,22H,5,12-13,18-21H2,1-4H3,(H,31,32). The van der Waals surface area contributed by atoms with E-state index in [1.165, 1.54) is 0 Å². The van der Waals surface area contributed by atoms with Crippen molar-refractivity contribution in [3.05, 3.63) is 71.8 Å². The van der Waals surface area contributed by atoms with E-state index in [-0.39, 0.29) is 17.9 Å². The molecule has 2 aromatic carbocycles. The van der Waals surface area contributed by atoms with E-state index in [1.54, 1.807) is 6.92 Å². The average molecular weight is 467 g/mol. The van der Waals surface area contributed by atoms with Gasteiger partial charge in [-0.2, -0.15) is 0 Å². The number of carboxylic acid groups (broad SMARTS) is 1. The van der Waals surface area contributed by atoms with Gasteiger partial charge in [0.05, 0.1) is 16.9 Å². The second kappa shape index (κ2) is 12.5. The first kappa shape index (κ1) is 27.3. The number of hydrogen-bond donors (Lipinski definition) is 1. The Morgan fingerprint density at radius 3 is 1.71 bits per heavy atom. The Balaban J connectivity index is 1.94. The van der Waals surface area contributed by atoms with E-state index in [0.717, 1.165) is 17.5 Å². The summed E-state index contributed by atoms with van der Waals surface area (Å²) in [6.07, 6.45) is 3.23. The van der Waals surface area contributed by atoms with Crippen molar-refractivity contribution < 1.29 is 24.2 Å². The van der Waals surface area contributed by atoms with Crippen LogP contribution in [0, 0.1) is 0 Å². The molecule has 184 valence electrons. The minimum absolute atomic E-state index is 0.0894. The fourth-order valence-corrected chi connectivity index (χ4v) is 4.15. The second-order valence-corrected chi connectivity index (χ2v) is 9.57. The fourth-order valence-electron chi connectivity index (χ4n) is 4.15. The van der Waals surface area contributed by atoms with Gasteiger partial charge in [-0.05, 0) is 64.0 Å². The molecule has 3 unspecified atom stereocenters. The lowest BCUT2D eigenvalue weighted by Gasteiger charge is -2.29. The normalized spacial score (nSPS) is 15.5. The summed E-state index contributed by atoms with van der Waals surface area (Å²) < 4.78 is 5.66. The maximum atomic E-state index is 13.0. The van der Waals surface area contributed by atoms with Crippen LogP contribution in [0.1, 0.15) is 83.8 Å². The van der Waals surface area contributed by atoms with Crippen LogP contribution in [0.5, 0.6) is 0 Å². The third kappa shape index (κ3) is 7.02. The maximum absolute atomic E-state index is 13.0. The highest BCUT2D eigenvalue weighted by atomic mass is 16.5. The van der Waals surface area contributed by atoms with Gasteiger partial charge in [0.1, 0.15) is 5.78 Å². The summed E-state index contributed by atoms with van der Waals surface area (Å²) in [5.41, 5.74) is -0.211. The number of carbonyl (C=O) groups excluding carboxylic acids is 2. The van der Waals surface area contributed by atoms with E-state index in [9.17, 15) is 19.5 Å². The third-order valence-electron chi connectivity index (χ3n) is 6.89. The Morgan fingerprint density at radius 2 is 1.26 bits per heavy atom. The Hall–Kier alpha value is -2.95. The summed E-state index contributed by atoms with van der Waals surface area (Å²) in [6.45, 7) is 7.45. The van der Waals surface area contributed by atoms with Crippen LogP contribution in [0.2, 0.25) is 0 Å². The topological polar surface area (TPSA) is 80.7 Å². The zero-order valence-corrected chi connectivity index (χ0v) is 20.9. The van der Waals surface area contributed by atoms with Gasteiger partial charge >= 0.3 is 11.9 Å². The fraction of sp³-hybridized carbons (Fsp3) is 0.483. The SMILES string of the molecule is CCC(C)OC(=O)C(C)(CCCC(=O)CCCC(C)(C(=O)O)c1ccccc1)c1ccccc1. The number of ketones is 1. The van der Waals surface area contributed by atoms with Crippen molar-refractivity contribution in [1.82, 2.24) is 0 Å². The molecule has 0 aliphatic rings. The van der Waals surface area contributed by atoms with Gasteiger partial charge < -0.3 is 9.84 Å². The molecule has 1 N–H and O–H groups in total. The van der Waals surface area contributed by atoms with Crippen LogP contribution in [0.25, 0.3) is 0 Å². The lowest BCUT2D eigenvalue weighted by molar-refractivity contribution is -0.155. The van der Waals surface area contributed by atoms with Crippen LogP contribution < -0.4 is 0 Å². The highest BCUT2D eigenvalue weighted by molar-refractivity contribution is 5.83. The summed E-state index contributed by atoms with van der Waals surface area (Å²) in [6, 6.07) is 18.7. The molecule has 2 rings (SSSR count). The van der Waals surface area contributed by atoms with Crippen LogP contribution in [-0.4, -0.2) is 28.9 Å². The predicted molar refractivity (Wildman–Crippen MR) is 134 cm³/mol. The summed E-state index contributed by atoms with van der Waals surface area (Å²) in [5, 5.41) is 9.79. The molecule has 5 heteroatoms. The summed E-state index contributed by atoms with van der Waals surface area (Å²) in [4.78, 5) is 37.6. The largest absolute Gasteiger partial charge is 0.481 e. The van der Waals surface area contributed by atoms with Gasteiger partial charge in [-0.15, -0.1) is 0 Å². The molecule has 0 aromatic heterocycles. The number of esters is 1. The molecular weight excluding hydrogens is 428 g/mol. The monoisotopic (exact) mass is 466 g/mol. The van der Waals surface area contributed by atoms with E-state index in [1.807, 2.05) is 81.4 Å². The predicted octanol–water partition coefficient (Wildman–Crippen LogP) is 6.24. The maximum Gasteiger partial charge on any atom is 0.316 e. The van der Waals surface area contributed by atoms with E-state index in [0.29, 0.717) is 38.5 Å². The Labute approximate surface area is 203 Å². The quantitative estimate of drug-likeness (QED) is 0.333. The van der Waals surface area contributed by atoms with Gasteiger partial charge in [0.2, 0.25) is 0 Å². The van der Waals surface area contributed by atoms with Crippen molar-refractivity contribution in [2.75, 3.05) is 0 Å². The van der Waals surface area contributed by atoms with Crippen molar-refractivity contribution in [3.63, 3.8) is 0 Å². The zero-order chi connectivity index (χ0) is 25.2. The van der Waals surface area contributed by atoms with Crippen LogP contribution in [-0.2, 0) is 30.0 Å². The van der Waals surface area contributed by atoms with Crippen molar-refractivity contribution in [3.8, 4) is 0 Å². The van der Waals surface area contributed by atoms with E-state index >= 15 is 0 Å². The molecule has 34 heavy (non-hydrogen) atoms. The first-order chi connectivity index (χ1) is 16.1. The molecule has 0 aliphatic heterocycles. The number of ether oxygens (including phenoxy) is 1. The lowest BCUT2D eigenvalue weighted by atomic mass is 9.77. The number of Topliss-reactive ketones (excluding diaryl/α,β-unsaturated/α-hetero) is 1. The lowest BCUT2D eigenvalue weighted by Crippen LogP contribution is -2.36. The van der Waals surface area contributed by atoms with Gasteiger partial charge in [0.15, 0.2) is 0 Å². The van der Waals surface area contributed by atoms with Gasteiger partial charge in [-0.1, -0.05) is 67.6 Å². The molecule has 0 bridgehead atoms. The molecule has 0 amide bonds. The Morgan fingerprint density at radius 1 is 0.824 bits per heavy atom. The third-order valence-corrected chi connectivity index (χ3v) is 6.89. The number of aliphatic carboxylic acids is 1. The first-order valence-electron chi connectivity index (χ1n) is 12.2. The molecule has 0 spiro atoms. The van der Waals surface area contributed by atoms with Gasteiger partial charge in [-0.3, -0.25) is 14.4 Å². The molecule has 0 fully saturated rings. The van der Waals surface area contributed by atoms with Crippen molar-refractivity contribution >= 4 is 17.7 Å². The first-order valence-corrected chi connectivity index (χ1v) is 12.2. The van der Waals surface area contributed by atoms with Gasteiger partial charge in [0.25, 0.3) is 0 Å². The van der Waals surface area contributed by atoms with Crippen molar-refractivity contribution in [2.45, 2.75) is 89.6 Å². The molecule has 0 saturated heterocycles. The molecule has 0 aliphatic carbocycles. The molecule has 0 radical (unpaired) electrons. The number of rotatable bonds is 14. The molecular formula is C29H38O5. The van der Waals surface area contributed by atoms with Crippen molar-refractivity contribution in [1.29, 1.82) is 0 Å². The van der Waals surface area contributed by atoms with Gasteiger partial charge in [-0.25, -0.2) is 0 Å². The minimum atomic E-state index is -1.02. The van der Waals surface area contributed by atoms with E-state index < -0.39 is 16.8 Å². The van der Waals surface area contributed by atoms with Crippen molar-refractivity contribution in [2.24, 2.45) is 0 Å². The number of benzene rings is 2. The molecule has 0 saturated carbocycles. The second-order valence-electron chi connectivity index (χ2n) is 9.57.